The summed E-state index contributed by atoms with van der Waals surface area (Å²) in [5.41, 5.74) is 3.90. The van der Waals surface area contributed by atoms with Gasteiger partial charge in [0.15, 0.2) is 0 Å². The number of carbonyl (C=O) groups is 1. The van der Waals surface area contributed by atoms with Gasteiger partial charge in [0.2, 0.25) is 0 Å². The summed E-state index contributed by atoms with van der Waals surface area (Å²) in [5.74, 6) is 0.0563. The summed E-state index contributed by atoms with van der Waals surface area (Å²) in [6.07, 6.45) is 2.21. The number of thiophene rings is 1. The molecule has 0 fully saturated rings. The molecule has 4 aromatic rings. The first-order valence-corrected chi connectivity index (χ1v) is 11.5. The van der Waals surface area contributed by atoms with Gasteiger partial charge in [0, 0.05) is 6.42 Å². The van der Waals surface area contributed by atoms with Gasteiger partial charge >= 0.3 is 5.97 Å². The van der Waals surface area contributed by atoms with E-state index >= 15 is 0 Å². The van der Waals surface area contributed by atoms with Crippen LogP contribution in [0.3, 0.4) is 0 Å². The highest BCUT2D eigenvalue weighted by Gasteiger charge is 2.20. The Morgan fingerprint density at radius 1 is 1.06 bits per heavy atom. The van der Waals surface area contributed by atoms with E-state index in [1.807, 2.05) is 42.5 Å². The van der Waals surface area contributed by atoms with E-state index in [1.165, 1.54) is 16.9 Å². The molecule has 0 amide bonds. The summed E-state index contributed by atoms with van der Waals surface area (Å²) in [6, 6.07) is 18.2. The monoisotopic (exact) mass is 446 g/mol. The summed E-state index contributed by atoms with van der Waals surface area (Å²) < 4.78 is 7.07. The van der Waals surface area contributed by atoms with Gasteiger partial charge in [0.1, 0.15) is 9.71 Å². The SMILES string of the molecule is Cc1c(C(=O)OCCc2ccccc2)sc2ncn(Cc3ccc(C(C)C)cc3)c(=O)c12. The van der Waals surface area contributed by atoms with Crippen LogP contribution in [0.1, 0.15) is 51.7 Å². The predicted molar refractivity (Wildman–Crippen MR) is 129 cm³/mol. The first-order chi connectivity index (χ1) is 15.4. The number of nitrogens with zero attached hydrogens (tertiary/aromatic N) is 2. The van der Waals surface area contributed by atoms with Crippen LogP contribution in [0.15, 0.2) is 65.7 Å². The number of benzene rings is 2. The number of carbonyl (C=O) groups excluding carboxylic acids is 1. The second-order valence-corrected chi connectivity index (χ2v) is 9.18. The van der Waals surface area contributed by atoms with E-state index in [0.29, 0.717) is 46.1 Å². The minimum atomic E-state index is -0.406. The normalized spacial score (nSPS) is 11.2. The Morgan fingerprint density at radius 3 is 2.47 bits per heavy atom. The van der Waals surface area contributed by atoms with Crippen molar-refractivity contribution in [2.24, 2.45) is 0 Å². The van der Waals surface area contributed by atoms with Gasteiger partial charge in [-0.25, -0.2) is 9.78 Å². The Morgan fingerprint density at radius 2 is 1.78 bits per heavy atom. The Balaban J connectivity index is 1.52. The van der Waals surface area contributed by atoms with Crippen molar-refractivity contribution in [2.45, 2.75) is 39.7 Å². The lowest BCUT2D eigenvalue weighted by atomic mass is 10.0. The first kappa shape index (κ1) is 22.0. The fourth-order valence-corrected chi connectivity index (χ4v) is 4.68. The summed E-state index contributed by atoms with van der Waals surface area (Å²) in [7, 11) is 0. The molecule has 0 N–H and O–H groups in total. The Labute approximate surface area is 191 Å². The van der Waals surface area contributed by atoms with Gasteiger partial charge in [-0.2, -0.15) is 0 Å². The highest BCUT2D eigenvalue weighted by Crippen LogP contribution is 2.27. The van der Waals surface area contributed by atoms with Gasteiger partial charge in [-0.3, -0.25) is 9.36 Å². The summed E-state index contributed by atoms with van der Waals surface area (Å²) in [5, 5.41) is 0.492. The van der Waals surface area contributed by atoms with Gasteiger partial charge in [-0.15, -0.1) is 11.3 Å². The topological polar surface area (TPSA) is 61.2 Å². The molecule has 0 spiro atoms. The van der Waals surface area contributed by atoms with Crippen LogP contribution in [0.2, 0.25) is 0 Å². The molecule has 0 aliphatic carbocycles. The second kappa shape index (κ2) is 9.49. The largest absolute Gasteiger partial charge is 0.461 e. The maximum atomic E-state index is 13.1. The Hall–Kier alpha value is -3.25. The average Bonchev–Trinajstić information content (AvgIpc) is 3.14. The third-order valence-electron chi connectivity index (χ3n) is 5.57. The number of fused-ring (bicyclic) bond motifs is 1. The van der Waals surface area contributed by atoms with Crippen LogP contribution < -0.4 is 5.56 Å². The quantitative estimate of drug-likeness (QED) is 0.360. The zero-order valence-corrected chi connectivity index (χ0v) is 19.3. The molecule has 32 heavy (non-hydrogen) atoms. The van der Waals surface area contributed by atoms with Crippen LogP contribution in [0, 0.1) is 6.92 Å². The van der Waals surface area contributed by atoms with Crippen LogP contribution in [-0.4, -0.2) is 22.1 Å². The first-order valence-electron chi connectivity index (χ1n) is 10.7. The molecular weight excluding hydrogens is 420 g/mol. The van der Waals surface area contributed by atoms with Crippen LogP contribution in [0.25, 0.3) is 10.2 Å². The van der Waals surface area contributed by atoms with Crippen molar-refractivity contribution < 1.29 is 9.53 Å². The lowest BCUT2D eigenvalue weighted by Crippen LogP contribution is -2.21. The molecule has 5 nitrogen and oxygen atoms in total. The van der Waals surface area contributed by atoms with Gasteiger partial charge in [-0.05, 0) is 35.1 Å². The van der Waals surface area contributed by atoms with Crippen LogP contribution in [0.4, 0.5) is 0 Å². The molecule has 164 valence electrons. The maximum Gasteiger partial charge on any atom is 0.348 e. The lowest BCUT2D eigenvalue weighted by Gasteiger charge is -2.08. The molecule has 0 aliphatic heterocycles. The average molecular weight is 447 g/mol. The fraction of sp³-hybridized carbons (Fsp3) is 0.269. The molecule has 0 radical (unpaired) electrons. The summed E-state index contributed by atoms with van der Waals surface area (Å²) in [4.78, 5) is 31.2. The van der Waals surface area contributed by atoms with E-state index in [4.69, 9.17) is 4.74 Å². The van der Waals surface area contributed by atoms with Crippen molar-refractivity contribution in [3.63, 3.8) is 0 Å². The number of ether oxygens (including phenoxy) is 1. The third kappa shape index (κ3) is 4.65. The molecule has 2 aromatic carbocycles. The van der Waals surface area contributed by atoms with E-state index in [9.17, 15) is 9.59 Å². The highest BCUT2D eigenvalue weighted by molar-refractivity contribution is 7.20. The molecule has 0 bridgehead atoms. The molecule has 2 aromatic heterocycles. The van der Waals surface area contributed by atoms with Crippen molar-refractivity contribution in [1.82, 2.24) is 9.55 Å². The summed E-state index contributed by atoms with van der Waals surface area (Å²) >= 11 is 1.21. The molecule has 0 saturated carbocycles. The molecule has 4 rings (SSSR count). The molecular formula is C26H26N2O3S. The van der Waals surface area contributed by atoms with Gasteiger partial charge in [0.05, 0.1) is 24.9 Å². The van der Waals surface area contributed by atoms with E-state index in [2.05, 4.69) is 31.0 Å². The van der Waals surface area contributed by atoms with E-state index in [-0.39, 0.29) is 5.56 Å². The molecule has 2 heterocycles. The highest BCUT2D eigenvalue weighted by atomic mass is 32.1. The zero-order valence-electron chi connectivity index (χ0n) is 18.5. The Bertz CT molecular complexity index is 1290. The van der Waals surface area contributed by atoms with Crippen molar-refractivity contribution in [3.8, 4) is 0 Å². The van der Waals surface area contributed by atoms with Gasteiger partial charge in [0.25, 0.3) is 5.56 Å². The van der Waals surface area contributed by atoms with Crippen LogP contribution in [0.5, 0.6) is 0 Å². The van der Waals surface area contributed by atoms with Gasteiger partial charge < -0.3 is 4.74 Å². The predicted octanol–water partition coefficient (Wildman–Crippen LogP) is 5.34. The smallest absolute Gasteiger partial charge is 0.348 e. The van der Waals surface area contributed by atoms with Crippen molar-refractivity contribution >= 4 is 27.5 Å². The number of hydrogen-bond acceptors (Lipinski definition) is 5. The van der Waals surface area contributed by atoms with Crippen molar-refractivity contribution in [3.05, 3.63) is 98.4 Å². The fourth-order valence-electron chi connectivity index (χ4n) is 3.64. The minimum Gasteiger partial charge on any atom is -0.461 e. The van der Waals surface area contributed by atoms with Crippen molar-refractivity contribution in [2.75, 3.05) is 6.61 Å². The molecule has 6 heteroatoms. The van der Waals surface area contributed by atoms with Crippen LogP contribution >= 0.6 is 11.3 Å². The second-order valence-electron chi connectivity index (χ2n) is 8.18. The lowest BCUT2D eigenvalue weighted by molar-refractivity contribution is 0.0514. The number of hydrogen-bond donors (Lipinski definition) is 0. The third-order valence-corrected chi connectivity index (χ3v) is 6.75. The number of aryl methyl sites for hydroxylation is 1. The summed E-state index contributed by atoms with van der Waals surface area (Å²) in [6.45, 7) is 6.83. The molecule has 0 atom stereocenters. The minimum absolute atomic E-state index is 0.139. The number of rotatable bonds is 7. The number of esters is 1. The maximum absolute atomic E-state index is 13.1. The van der Waals surface area contributed by atoms with E-state index < -0.39 is 5.97 Å². The van der Waals surface area contributed by atoms with E-state index in [1.54, 1.807) is 17.8 Å². The van der Waals surface area contributed by atoms with Gasteiger partial charge in [-0.1, -0.05) is 68.4 Å². The van der Waals surface area contributed by atoms with E-state index in [0.717, 1.165) is 11.1 Å². The Kier molecular flexibility index (Phi) is 6.51. The number of aromatic nitrogens is 2. The van der Waals surface area contributed by atoms with Crippen molar-refractivity contribution in [1.29, 1.82) is 0 Å². The van der Waals surface area contributed by atoms with Crippen LogP contribution in [-0.2, 0) is 17.7 Å². The zero-order chi connectivity index (χ0) is 22.7. The molecule has 0 saturated heterocycles. The molecule has 0 aliphatic rings. The molecule has 0 unspecified atom stereocenters. The standard InChI is InChI=1S/C26H26N2O3S/c1-17(2)21-11-9-20(10-12-21)15-28-16-27-24-22(25(28)29)18(3)23(32-24)26(30)31-14-13-19-7-5-4-6-8-19/h4-12,16-17H,13-15H2,1-3H3.